The summed E-state index contributed by atoms with van der Waals surface area (Å²) in [6.07, 6.45) is 0.482. The van der Waals surface area contributed by atoms with E-state index < -0.39 is 0 Å². The average Bonchev–Trinajstić information content (AvgIpc) is 3.23. The van der Waals surface area contributed by atoms with E-state index in [2.05, 4.69) is 4.90 Å². The van der Waals surface area contributed by atoms with Crippen molar-refractivity contribution in [3.63, 3.8) is 0 Å². The largest absolute Gasteiger partial charge is 0.493 e. The predicted molar refractivity (Wildman–Crippen MR) is 104 cm³/mol. The van der Waals surface area contributed by atoms with E-state index in [1.54, 1.807) is 14.2 Å². The normalized spacial score (nSPS) is 16.9. The van der Waals surface area contributed by atoms with Crippen LogP contribution in [0.2, 0.25) is 0 Å². The first-order valence-corrected chi connectivity index (χ1v) is 9.04. The van der Waals surface area contributed by atoms with Crippen LogP contribution in [0.1, 0.15) is 17.8 Å². The van der Waals surface area contributed by atoms with E-state index in [0.29, 0.717) is 18.0 Å². The van der Waals surface area contributed by atoms with Crippen LogP contribution in [0.15, 0.2) is 24.3 Å². The van der Waals surface area contributed by atoms with Crippen molar-refractivity contribution in [3.8, 4) is 22.8 Å². The molecule has 0 saturated carbocycles. The molecule has 3 heterocycles. The molecule has 142 valence electrons. The molecule has 1 aliphatic rings. The van der Waals surface area contributed by atoms with Gasteiger partial charge in [0.15, 0.2) is 17.1 Å². The Bertz CT molecular complexity index is 999. The Labute approximate surface area is 158 Å². The third kappa shape index (κ3) is 2.98. The van der Waals surface area contributed by atoms with Crippen LogP contribution in [0.3, 0.4) is 0 Å². The summed E-state index contributed by atoms with van der Waals surface area (Å²) in [5.41, 5.74) is 5.49. The maximum atomic E-state index is 9.94. The number of anilines is 1. The summed E-state index contributed by atoms with van der Waals surface area (Å²) in [5, 5.41) is 14.7. The molecule has 4 rings (SSSR count). The highest BCUT2D eigenvalue weighted by atomic mass is 16.5. The average molecular weight is 368 g/mol. The Balaban J connectivity index is 1.90. The van der Waals surface area contributed by atoms with Crippen molar-refractivity contribution in [1.29, 1.82) is 0 Å². The number of hydrogen-bond donors (Lipinski definition) is 1. The van der Waals surface area contributed by atoms with Gasteiger partial charge in [-0.3, -0.25) is 0 Å². The maximum Gasteiger partial charge on any atom is 0.178 e. The Morgan fingerprint density at radius 2 is 1.89 bits per heavy atom. The highest BCUT2D eigenvalue weighted by molar-refractivity contribution is 5.76. The van der Waals surface area contributed by atoms with Gasteiger partial charge in [0.2, 0.25) is 0 Å². The summed E-state index contributed by atoms with van der Waals surface area (Å²) in [6.45, 7) is 5.40. The quantitative estimate of drug-likeness (QED) is 0.763. The number of nitrogens with zero attached hydrogens (tertiary/aromatic N) is 4. The van der Waals surface area contributed by atoms with Crippen LogP contribution >= 0.6 is 0 Å². The molecule has 1 atom stereocenters. The third-order valence-electron chi connectivity index (χ3n) is 5.02. The molecule has 0 amide bonds. The molecular formula is C20H24N4O3. The number of ether oxygens (including phenoxy) is 2. The molecule has 1 aliphatic heterocycles. The van der Waals surface area contributed by atoms with E-state index in [1.165, 1.54) is 0 Å². The lowest BCUT2D eigenvalue weighted by atomic mass is 10.1. The fraction of sp³-hybridized carbons (Fsp3) is 0.400. The molecule has 27 heavy (non-hydrogen) atoms. The molecule has 3 aromatic rings. The molecule has 1 fully saturated rings. The van der Waals surface area contributed by atoms with E-state index in [0.717, 1.165) is 46.9 Å². The number of aromatic nitrogens is 3. The number of benzene rings is 1. The number of imidazole rings is 1. The molecule has 1 N–H and O–H groups in total. The van der Waals surface area contributed by atoms with Crippen molar-refractivity contribution in [2.24, 2.45) is 0 Å². The van der Waals surface area contributed by atoms with Crippen LogP contribution in [-0.2, 0) is 0 Å². The van der Waals surface area contributed by atoms with Crippen LogP contribution in [-0.4, -0.2) is 53.1 Å². The lowest BCUT2D eigenvalue weighted by Crippen LogP contribution is -2.22. The fourth-order valence-corrected chi connectivity index (χ4v) is 3.74. The SMILES string of the molecule is COc1ccc(-c2c(C)nc3c(N4CCC(O)C4)cc(C)nn23)cc1OC. The molecule has 2 aromatic heterocycles. The van der Waals surface area contributed by atoms with Crippen molar-refractivity contribution in [1.82, 2.24) is 14.6 Å². The van der Waals surface area contributed by atoms with Crippen LogP contribution in [0.5, 0.6) is 11.5 Å². The second-order valence-corrected chi connectivity index (χ2v) is 6.91. The number of methoxy groups -OCH3 is 2. The third-order valence-corrected chi connectivity index (χ3v) is 5.02. The summed E-state index contributed by atoms with van der Waals surface area (Å²) < 4.78 is 12.7. The van der Waals surface area contributed by atoms with Gasteiger partial charge in [-0.05, 0) is 44.5 Å². The molecule has 0 spiro atoms. The first-order chi connectivity index (χ1) is 13.0. The topological polar surface area (TPSA) is 72.1 Å². The molecule has 7 nitrogen and oxygen atoms in total. The number of hydrogen-bond acceptors (Lipinski definition) is 6. The van der Waals surface area contributed by atoms with Gasteiger partial charge < -0.3 is 19.5 Å². The van der Waals surface area contributed by atoms with Crippen molar-refractivity contribution in [3.05, 3.63) is 35.7 Å². The standard InChI is InChI=1S/C20H24N4O3/c1-12-9-16(23-8-7-15(25)11-23)20-21-13(2)19(24(20)22-12)14-5-6-17(26-3)18(10-14)27-4/h5-6,9-10,15,25H,7-8,11H2,1-4H3. The van der Waals surface area contributed by atoms with E-state index in [9.17, 15) is 5.11 Å². The highest BCUT2D eigenvalue weighted by Gasteiger charge is 2.25. The molecular weight excluding hydrogens is 344 g/mol. The maximum absolute atomic E-state index is 9.94. The van der Waals surface area contributed by atoms with Gasteiger partial charge in [0.25, 0.3) is 0 Å². The van der Waals surface area contributed by atoms with E-state index in [-0.39, 0.29) is 6.10 Å². The predicted octanol–water partition coefficient (Wildman–Crippen LogP) is 2.60. The smallest absolute Gasteiger partial charge is 0.178 e. The van der Waals surface area contributed by atoms with Crippen molar-refractivity contribution < 1.29 is 14.6 Å². The molecule has 1 saturated heterocycles. The molecule has 0 radical (unpaired) electrons. The van der Waals surface area contributed by atoms with Gasteiger partial charge in [-0.15, -0.1) is 0 Å². The summed E-state index contributed by atoms with van der Waals surface area (Å²) >= 11 is 0. The second kappa shape index (κ2) is 6.74. The van der Waals surface area contributed by atoms with Gasteiger partial charge in [0, 0.05) is 18.7 Å². The Kier molecular flexibility index (Phi) is 4.39. The molecule has 7 heteroatoms. The second-order valence-electron chi connectivity index (χ2n) is 6.91. The molecule has 0 aliphatic carbocycles. The first-order valence-electron chi connectivity index (χ1n) is 9.04. The zero-order chi connectivity index (χ0) is 19.1. The van der Waals surface area contributed by atoms with Gasteiger partial charge in [-0.2, -0.15) is 5.10 Å². The molecule has 1 aromatic carbocycles. The van der Waals surface area contributed by atoms with Gasteiger partial charge >= 0.3 is 0 Å². The Hall–Kier alpha value is -2.80. The Morgan fingerprint density at radius 1 is 1.11 bits per heavy atom. The van der Waals surface area contributed by atoms with E-state index in [4.69, 9.17) is 19.6 Å². The van der Waals surface area contributed by atoms with Crippen molar-refractivity contribution >= 4 is 11.3 Å². The first kappa shape index (κ1) is 17.6. The molecule has 0 bridgehead atoms. The lowest BCUT2D eigenvalue weighted by molar-refractivity contribution is 0.198. The van der Waals surface area contributed by atoms with Crippen LogP contribution in [0, 0.1) is 13.8 Å². The summed E-state index contributed by atoms with van der Waals surface area (Å²) in [7, 11) is 3.25. The number of aryl methyl sites for hydroxylation is 2. The number of β-amino-alcohol motifs (C(OH)–C–C–N with tert-alkyl or cyclic N) is 1. The number of aliphatic hydroxyl groups excluding tert-OH is 1. The van der Waals surface area contributed by atoms with Crippen molar-refractivity contribution in [2.45, 2.75) is 26.4 Å². The Morgan fingerprint density at radius 3 is 2.56 bits per heavy atom. The van der Waals surface area contributed by atoms with Crippen LogP contribution < -0.4 is 14.4 Å². The minimum absolute atomic E-state index is 0.292. The van der Waals surface area contributed by atoms with Crippen LogP contribution in [0.25, 0.3) is 16.9 Å². The number of rotatable bonds is 4. The van der Waals surface area contributed by atoms with E-state index in [1.807, 2.05) is 42.6 Å². The lowest BCUT2D eigenvalue weighted by Gasteiger charge is -2.19. The monoisotopic (exact) mass is 368 g/mol. The minimum atomic E-state index is -0.292. The zero-order valence-electron chi connectivity index (χ0n) is 16.1. The summed E-state index contributed by atoms with van der Waals surface area (Å²) in [5.74, 6) is 1.35. The van der Waals surface area contributed by atoms with Gasteiger partial charge in [0.1, 0.15) is 0 Å². The summed E-state index contributed by atoms with van der Waals surface area (Å²) in [6, 6.07) is 7.86. The number of fused-ring (bicyclic) bond motifs is 1. The highest BCUT2D eigenvalue weighted by Crippen LogP contribution is 2.35. The van der Waals surface area contributed by atoms with Crippen LogP contribution in [0.4, 0.5) is 5.69 Å². The fourth-order valence-electron chi connectivity index (χ4n) is 3.74. The minimum Gasteiger partial charge on any atom is -0.493 e. The van der Waals surface area contributed by atoms with Gasteiger partial charge in [-0.25, -0.2) is 9.50 Å². The number of aliphatic hydroxyl groups is 1. The van der Waals surface area contributed by atoms with Gasteiger partial charge in [0.05, 0.1) is 43.1 Å². The zero-order valence-corrected chi connectivity index (χ0v) is 16.1. The molecule has 1 unspecified atom stereocenters. The summed E-state index contributed by atoms with van der Waals surface area (Å²) in [4.78, 5) is 6.98. The van der Waals surface area contributed by atoms with Gasteiger partial charge in [-0.1, -0.05) is 0 Å². The van der Waals surface area contributed by atoms with E-state index >= 15 is 0 Å². The van der Waals surface area contributed by atoms with Crippen molar-refractivity contribution in [2.75, 3.05) is 32.2 Å².